The van der Waals surface area contributed by atoms with Crippen LogP contribution in [0, 0.1) is 0 Å². The summed E-state index contributed by atoms with van der Waals surface area (Å²) in [6.45, 7) is -0.870. The van der Waals surface area contributed by atoms with Crippen molar-refractivity contribution in [1.29, 1.82) is 0 Å². The summed E-state index contributed by atoms with van der Waals surface area (Å²) >= 11 is 0. The number of nitrogens with one attached hydrogen (secondary N) is 1. The van der Waals surface area contributed by atoms with Gasteiger partial charge in [0.1, 0.15) is 0 Å². The van der Waals surface area contributed by atoms with Gasteiger partial charge in [0.15, 0.2) is 11.3 Å². The second kappa shape index (κ2) is 4.44. The Morgan fingerprint density at radius 1 is 1.50 bits per heavy atom. The van der Waals surface area contributed by atoms with E-state index in [0.717, 1.165) is 6.07 Å². The third kappa shape index (κ3) is 2.89. The molecule has 0 aromatic carbocycles. The summed E-state index contributed by atoms with van der Waals surface area (Å²) in [6.07, 6.45) is -4.96. The minimum Gasteiger partial charge on any atom is -0.482 e. The fourth-order valence-electron chi connectivity index (χ4n) is 1.00. The Kier molecular flexibility index (Phi) is 3.43. The van der Waals surface area contributed by atoms with Crippen molar-refractivity contribution in [3.05, 3.63) is 21.9 Å². The molecule has 2 N–H and O–H groups in total. The van der Waals surface area contributed by atoms with Crippen molar-refractivity contribution >= 4 is 0 Å². The maximum Gasteiger partial charge on any atom is 0.574 e. The Bertz CT molecular complexity index is 426. The highest BCUT2D eigenvalue weighted by atomic mass is 19.4. The van der Waals surface area contributed by atoms with Gasteiger partial charge in [0.05, 0.1) is 19.3 Å². The predicted octanol–water partition coefficient (Wildman–Crippen LogP) is 0.774. The molecule has 0 radical (unpaired) electrons. The summed E-state index contributed by atoms with van der Waals surface area (Å²) in [5.74, 6) is -1.07. The normalized spacial score (nSPS) is 11.3. The third-order valence-electron chi connectivity index (χ3n) is 1.67. The minimum absolute atomic E-state index is 0.193. The molecule has 1 rings (SSSR count). The first-order chi connectivity index (χ1) is 7.37. The smallest absolute Gasteiger partial charge is 0.482 e. The van der Waals surface area contributed by atoms with E-state index < -0.39 is 29.8 Å². The molecule has 90 valence electrons. The Labute approximate surface area is 87.4 Å². The molecule has 0 saturated heterocycles. The lowest BCUT2D eigenvalue weighted by molar-refractivity contribution is -0.276. The van der Waals surface area contributed by atoms with E-state index in [0.29, 0.717) is 0 Å². The molecule has 1 heterocycles. The zero-order valence-corrected chi connectivity index (χ0v) is 8.09. The quantitative estimate of drug-likeness (QED) is 0.817. The van der Waals surface area contributed by atoms with E-state index >= 15 is 0 Å². The van der Waals surface area contributed by atoms with Crippen LogP contribution in [0.5, 0.6) is 11.8 Å². The molecule has 1 aromatic heterocycles. The molecule has 0 saturated carbocycles. The maximum atomic E-state index is 12.0. The number of aliphatic hydroxyl groups is 1. The third-order valence-corrected chi connectivity index (χ3v) is 1.67. The van der Waals surface area contributed by atoms with Gasteiger partial charge in [-0.05, 0) is 0 Å². The largest absolute Gasteiger partial charge is 0.574 e. The van der Waals surface area contributed by atoms with Crippen molar-refractivity contribution < 1.29 is 27.8 Å². The molecule has 16 heavy (non-hydrogen) atoms. The number of aromatic amines is 1. The van der Waals surface area contributed by atoms with E-state index in [2.05, 4.69) is 14.5 Å². The molecule has 5 nitrogen and oxygen atoms in total. The lowest BCUT2D eigenvalue weighted by atomic mass is 10.3. The predicted molar refractivity (Wildman–Crippen MR) is 46.2 cm³/mol. The zero-order chi connectivity index (χ0) is 12.3. The lowest BCUT2D eigenvalue weighted by Crippen LogP contribution is -2.22. The van der Waals surface area contributed by atoms with Crippen molar-refractivity contribution in [2.75, 3.05) is 7.11 Å². The van der Waals surface area contributed by atoms with Crippen LogP contribution in [-0.2, 0) is 6.61 Å². The molecule has 0 fully saturated rings. The number of alkyl halides is 3. The molecule has 0 aliphatic carbocycles. The second-order valence-corrected chi connectivity index (χ2v) is 2.72. The monoisotopic (exact) mass is 239 g/mol. The van der Waals surface area contributed by atoms with Gasteiger partial charge in [-0.15, -0.1) is 13.2 Å². The Balaban J connectivity index is 3.23. The number of methoxy groups -OCH3 is 1. The summed E-state index contributed by atoms with van der Waals surface area (Å²) in [7, 11) is 1.17. The highest BCUT2D eigenvalue weighted by molar-refractivity contribution is 5.30. The molecule has 0 bridgehead atoms. The first-order valence-electron chi connectivity index (χ1n) is 4.04. The van der Waals surface area contributed by atoms with Crippen LogP contribution in [0.4, 0.5) is 13.2 Å². The van der Waals surface area contributed by atoms with Gasteiger partial charge in [0.25, 0.3) is 0 Å². The fraction of sp³-hybridized carbons (Fsp3) is 0.375. The summed E-state index contributed by atoms with van der Waals surface area (Å²) in [5, 5.41) is 8.75. The van der Waals surface area contributed by atoms with Crippen LogP contribution in [-0.4, -0.2) is 23.6 Å². The number of pyridine rings is 1. The number of aliphatic hydroxyl groups excluding tert-OH is 1. The van der Waals surface area contributed by atoms with Gasteiger partial charge in [-0.1, -0.05) is 0 Å². The number of hydrogen-bond acceptors (Lipinski definition) is 4. The second-order valence-electron chi connectivity index (χ2n) is 2.72. The number of rotatable bonds is 3. The van der Waals surface area contributed by atoms with Gasteiger partial charge in [0.2, 0.25) is 5.88 Å². The minimum atomic E-state index is -4.96. The van der Waals surface area contributed by atoms with Crippen molar-refractivity contribution in [2.24, 2.45) is 0 Å². The summed E-state index contributed by atoms with van der Waals surface area (Å²) in [6, 6.07) is 0.911. The van der Waals surface area contributed by atoms with E-state index in [1.165, 1.54) is 7.11 Å². The number of H-pyrrole nitrogens is 1. The van der Waals surface area contributed by atoms with Gasteiger partial charge in [-0.25, -0.2) is 0 Å². The molecule has 0 unspecified atom stereocenters. The zero-order valence-electron chi connectivity index (χ0n) is 8.09. The van der Waals surface area contributed by atoms with E-state index in [9.17, 15) is 18.0 Å². The van der Waals surface area contributed by atoms with E-state index in [4.69, 9.17) is 5.11 Å². The van der Waals surface area contributed by atoms with Crippen molar-refractivity contribution in [3.63, 3.8) is 0 Å². The average Bonchev–Trinajstić information content (AvgIpc) is 2.14. The molecule has 0 amide bonds. The first kappa shape index (κ1) is 12.4. The lowest BCUT2D eigenvalue weighted by Gasteiger charge is -2.12. The van der Waals surface area contributed by atoms with E-state index in [1.54, 1.807) is 0 Å². The number of halogens is 3. The fourth-order valence-corrected chi connectivity index (χ4v) is 1.00. The van der Waals surface area contributed by atoms with Crippen LogP contribution in [0.15, 0.2) is 10.9 Å². The molecular formula is C8H8F3NO4. The Hall–Kier alpha value is -1.70. The topological polar surface area (TPSA) is 71.6 Å². The van der Waals surface area contributed by atoms with Crippen molar-refractivity contribution in [3.8, 4) is 11.8 Å². The molecular weight excluding hydrogens is 231 g/mol. The number of ether oxygens (including phenoxy) is 2. The van der Waals surface area contributed by atoms with Crippen LogP contribution in [0.1, 0.15) is 5.56 Å². The van der Waals surface area contributed by atoms with Crippen molar-refractivity contribution in [2.45, 2.75) is 13.0 Å². The van der Waals surface area contributed by atoms with Gasteiger partial charge in [-0.3, -0.25) is 9.78 Å². The van der Waals surface area contributed by atoms with Crippen LogP contribution < -0.4 is 14.9 Å². The van der Waals surface area contributed by atoms with Crippen LogP contribution in [0.3, 0.4) is 0 Å². The van der Waals surface area contributed by atoms with Gasteiger partial charge >= 0.3 is 6.36 Å². The van der Waals surface area contributed by atoms with Gasteiger partial charge in [0, 0.05) is 6.07 Å². The molecule has 0 atom stereocenters. The average molecular weight is 239 g/mol. The highest BCUT2D eigenvalue weighted by Gasteiger charge is 2.33. The van der Waals surface area contributed by atoms with E-state index in [-0.39, 0.29) is 5.88 Å². The van der Waals surface area contributed by atoms with E-state index in [1.807, 2.05) is 0 Å². The molecule has 0 aliphatic heterocycles. The Morgan fingerprint density at radius 3 is 2.56 bits per heavy atom. The van der Waals surface area contributed by atoms with Crippen LogP contribution in [0.2, 0.25) is 0 Å². The van der Waals surface area contributed by atoms with Crippen molar-refractivity contribution in [1.82, 2.24) is 4.98 Å². The molecule has 1 aromatic rings. The van der Waals surface area contributed by atoms with Crippen LogP contribution in [0.25, 0.3) is 0 Å². The molecule has 8 heteroatoms. The van der Waals surface area contributed by atoms with Gasteiger partial charge < -0.3 is 14.6 Å². The van der Waals surface area contributed by atoms with Crippen LogP contribution >= 0.6 is 0 Å². The number of hydrogen-bond donors (Lipinski definition) is 2. The van der Waals surface area contributed by atoms with Gasteiger partial charge in [-0.2, -0.15) is 0 Å². The summed E-state index contributed by atoms with van der Waals surface area (Å²) < 4.78 is 44.0. The SMILES string of the molecule is COc1cc(=O)c(CO)c(OC(F)(F)F)[nH]1. The summed E-state index contributed by atoms with van der Waals surface area (Å²) in [4.78, 5) is 13.3. The first-order valence-corrected chi connectivity index (χ1v) is 4.04. The highest BCUT2D eigenvalue weighted by Crippen LogP contribution is 2.24. The molecule has 0 aliphatic rings. The summed E-state index contributed by atoms with van der Waals surface area (Å²) in [5.41, 5.74) is -1.32. The number of aromatic nitrogens is 1. The standard InChI is InChI=1S/C8H8F3NO4/c1-15-6-2-5(14)4(3-13)7(12-6)16-8(9,10)11/h2,13H,3H2,1H3,(H,12,14). The Morgan fingerprint density at radius 2 is 2.12 bits per heavy atom. The molecule has 0 spiro atoms. The maximum absolute atomic E-state index is 12.0.